The molecule has 1 aliphatic rings. The molecule has 0 spiro atoms. The number of carbonyl (C=O) groups excluding carboxylic acids is 1. The van der Waals surface area contributed by atoms with E-state index in [1.165, 1.54) is 16.3 Å². The van der Waals surface area contributed by atoms with Gasteiger partial charge in [-0.3, -0.25) is 4.79 Å². The second kappa shape index (κ2) is 10.1. The molecule has 0 fully saturated rings. The SMILES string of the molecule is COc1ccc(/C=C2/C(=O)N(c3nc4ccccc4s3)N=C2CSc2ccc(Cl)cc2)cc1OC. The van der Waals surface area contributed by atoms with Crippen LogP contribution in [0.15, 0.2) is 82.3 Å². The first-order valence-electron chi connectivity index (χ1n) is 10.7. The van der Waals surface area contributed by atoms with Gasteiger partial charge in [0.05, 0.1) is 35.7 Å². The minimum Gasteiger partial charge on any atom is -0.493 e. The van der Waals surface area contributed by atoms with E-state index in [2.05, 4.69) is 4.98 Å². The van der Waals surface area contributed by atoms with Crippen molar-refractivity contribution in [3.05, 3.63) is 82.9 Å². The summed E-state index contributed by atoms with van der Waals surface area (Å²) in [5.74, 6) is 1.50. The Kier molecular flexibility index (Phi) is 6.77. The number of halogens is 1. The second-order valence-electron chi connectivity index (χ2n) is 7.54. The van der Waals surface area contributed by atoms with Crippen LogP contribution in [0.1, 0.15) is 5.56 Å². The molecule has 2 heterocycles. The Morgan fingerprint density at radius 1 is 1.03 bits per heavy atom. The molecule has 0 saturated carbocycles. The molecule has 0 radical (unpaired) electrons. The number of para-hydroxylation sites is 1. The molecule has 3 aromatic carbocycles. The third kappa shape index (κ3) is 4.91. The Labute approximate surface area is 215 Å². The molecule has 0 saturated heterocycles. The third-order valence-corrected chi connectivity index (χ3v) is 7.61. The fraction of sp³-hybridized carbons (Fsp3) is 0.115. The normalized spacial score (nSPS) is 14.6. The second-order valence-corrected chi connectivity index (χ2v) is 10.0. The van der Waals surface area contributed by atoms with Crippen LogP contribution in [0.5, 0.6) is 11.5 Å². The molecule has 6 nitrogen and oxygen atoms in total. The highest BCUT2D eigenvalue weighted by molar-refractivity contribution is 8.00. The lowest BCUT2D eigenvalue weighted by molar-refractivity contribution is -0.114. The lowest BCUT2D eigenvalue weighted by Gasteiger charge is -2.09. The largest absolute Gasteiger partial charge is 0.493 e. The maximum atomic E-state index is 13.6. The fourth-order valence-corrected chi connectivity index (χ4v) is 5.47. The summed E-state index contributed by atoms with van der Waals surface area (Å²) in [6.45, 7) is 0. The van der Waals surface area contributed by atoms with Gasteiger partial charge in [-0.05, 0) is 60.2 Å². The van der Waals surface area contributed by atoms with Crippen molar-refractivity contribution in [3.63, 3.8) is 0 Å². The van der Waals surface area contributed by atoms with Gasteiger partial charge in [0.2, 0.25) is 5.13 Å². The molecule has 176 valence electrons. The van der Waals surface area contributed by atoms with E-state index in [4.69, 9.17) is 26.2 Å². The molecule has 5 rings (SSSR count). The number of benzene rings is 3. The fourth-order valence-electron chi connectivity index (χ4n) is 3.58. The lowest BCUT2D eigenvalue weighted by Crippen LogP contribution is -2.21. The van der Waals surface area contributed by atoms with Gasteiger partial charge in [0.15, 0.2) is 11.5 Å². The summed E-state index contributed by atoms with van der Waals surface area (Å²) in [5, 5.41) is 7.32. The summed E-state index contributed by atoms with van der Waals surface area (Å²) in [6.07, 6.45) is 1.83. The summed E-state index contributed by atoms with van der Waals surface area (Å²) in [4.78, 5) is 19.2. The van der Waals surface area contributed by atoms with Crippen LogP contribution < -0.4 is 14.5 Å². The number of rotatable bonds is 7. The zero-order valence-corrected chi connectivity index (χ0v) is 21.3. The van der Waals surface area contributed by atoms with Gasteiger partial charge >= 0.3 is 0 Å². The number of carbonyl (C=O) groups is 1. The van der Waals surface area contributed by atoms with Crippen LogP contribution in [0.3, 0.4) is 0 Å². The zero-order chi connectivity index (χ0) is 24.4. The number of hydrazone groups is 1. The van der Waals surface area contributed by atoms with Gasteiger partial charge in [-0.15, -0.1) is 11.8 Å². The minimum atomic E-state index is -0.217. The van der Waals surface area contributed by atoms with Gasteiger partial charge in [-0.25, -0.2) is 4.98 Å². The molecule has 0 N–H and O–H groups in total. The van der Waals surface area contributed by atoms with Gasteiger partial charge in [0.25, 0.3) is 5.91 Å². The highest BCUT2D eigenvalue weighted by Gasteiger charge is 2.33. The topological polar surface area (TPSA) is 64.0 Å². The van der Waals surface area contributed by atoms with E-state index in [1.807, 2.05) is 72.8 Å². The first-order valence-corrected chi connectivity index (χ1v) is 12.8. The predicted octanol–water partition coefficient (Wildman–Crippen LogP) is 6.55. The molecule has 0 unspecified atom stereocenters. The number of thiazole rings is 1. The number of nitrogens with zero attached hydrogens (tertiary/aromatic N) is 3. The molecular weight excluding hydrogens is 502 g/mol. The maximum absolute atomic E-state index is 13.6. The zero-order valence-electron chi connectivity index (χ0n) is 18.9. The van der Waals surface area contributed by atoms with Crippen molar-refractivity contribution in [2.45, 2.75) is 4.90 Å². The van der Waals surface area contributed by atoms with Gasteiger partial charge in [0.1, 0.15) is 0 Å². The Morgan fingerprint density at radius 2 is 1.80 bits per heavy atom. The molecule has 35 heavy (non-hydrogen) atoms. The Morgan fingerprint density at radius 3 is 2.54 bits per heavy atom. The molecule has 0 bridgehead atoms. The van der Waals surface area contributed by atoms with Crippen LogP contribution >= 0.6 is 34.7 Å². The lowest BCUT2D eigenvalue weighted by atomic mass is 10.1. The molecule has 9 heteroatoms. The van der Waals surface area contributed by atoms with E-state index in [0.29, 0.717) is 38.7 Å². The van der Waals surface area contributed by atoms with Crippen molar-refractivity contribution in [2.24, 2.45) is 5.10 Å². The van der Waals surface area contributed by atoms with Crippen LogP contribution in [0.25, 0.3) is 16.3 Å². The maximum Gasteiger partial charge on any atom is 0.282 e. The van der Waals surface area contributed by atoms with E-state index >= 15 is 0 Å². The summed E-state index contributed by atoms with van der Waals surface area (Å²) < 4.78 is 11.8. The highest BCUT2D eigenvalue weighted by atomic mass is 35.5. The Bertz CT molecular complexity index is 1430. The van der Waals surface area contributed by atoms with Crippen LogP contribution in [-0.4, -0.2) is 36.6 Å². The molecule has 0 atom stereocenters. The molecular formula is C26H20ClN3O3S2. The standard InChI is InChI=1S/C26H20ClN3O3S2/c1-32-22-12-7-16(14-23(22)33-2)13-19-21(15-34-18-10-8-17(27)9-11-18)29-30(25(19)31)26-28-20-5-3-4-6-24(20)35-26/h3-14H,15H2,1-2H3/b19-13+. The quantitative estimate of drug-likeness (QED) is 0.204. The molecule has 0 aliphatic carbocycles. The van der Waals surface area contributed by atoms with Crippen molar-refractivity contribution in [3.8, 4) is 11.5 Å². The van der Waals surface area contributed by atoms with Crippen molar-refractivity contribution in [1.29, 1.82) is 0 Å². The van der Waals surface area contributed by atoms with Crippen LogP contribution in [-0.2, 0) is 4.79 Å². The van der Waals surface area contributed by atoms with Crippen molar-refractivity contribution in [1.82, 2.24) is 4.98 Å². The first kappa shape index (κ1) is 23.4. The van der Waals surface area contributed by atoms with E-state index in [1.54, 1.807) is 26.0 Å². The molecule has 1 aliphatic heterocycles. The van der Waals surface area contributed by atoms with Crippen LogP contribution in [0.2, 0.25) is 5.02 Å². The number of methoxy groups -OCH3 is 2. The number of fused-ring (bicyclic) bond motifs is 1. The molecule has 4 aromatic rings. The first-order chi connectivity index (χ1) is 17.1. The minimum absolute atomic E-state index is 0.217. The van der Waals surface area contributed by atoms with E-state index in [0.717, 1.165) is 20.7 Å². The average molecular weight is 522 g/mol. The van der Waals surface area contributed by atoms with Crippen molar-refractivity contribution < 1.29 is 14.3 Å². The molecule has 1 amide bonds. The number of hydrogen-bond acceptors (Lipinski definition) is 7. The monoisotopic (exact) mass is 521 g/mol. The highest BCUT2D eigenvalue weighted by Crippen LogP contribution is 2.35. The summed E-state index contributed by atoms with van der Waals surface area (Å²) >= 11 is 9.05. The number of aromatic nitrogens is 1. The average Bonchev–Trinajstić information content (AvgIpc) is 3.44. The predicted molar refractivity (Wildman–Crippen MR) is 144 cm³/mol. The van der Waals surface area contributed by atoms with E-state index < -0.39 is 0 Å². The van der Waals surface area contributed by atoms with E-state index in [9.17, 15) is 4.79 Å². The number of ether oxygens (including phenoxy) is 2. The van der Waals surface area contributed by atoms with Crippen LogP contribution in [0.4, 0.5) is 5.13 Å². The van der Waals surface area contributed by atoms with Crippen molar-refractivity contribution in [2.75, 3.05) is 25.0 Å². The third-order valence-electron chi connectivity index (χ3n) is 5.33. The van der Waals surface area contributed by atoms with Crippen molar-refractivity contribution >= 4 is 67.7 Å². The van der Waals surface area contributed by atoms with Crippen LogP contribution in [0, 0.1) is 0 Å². The summed E-state index contributed by atoms with van der Waals surface area (Å²) in [7, 11) is 3.17. The summed E-state index contributed by atoms with van der Waals surface area (Å²) in [5.41, 5.74) is 2.83. The Hall–Kier alpha value is -3.33. The van der Waals surface area contributed by atoms with Gasteiger partial charge in [-0.1, -0.05) is 41.1 Å². The number of thioether (sulfide) groups is 1. The molecule has 1 aromatic heterocycles. The number of anilines is 1. The number of hydrogen-bond donors (Lipinski definition) is 0. The Balaban J connectivity index is 1.51. The number of amides is 1. The van der Waals surface area contributed by atoms with E-state index in [-0.39, 0.29) is 5.91 Å². The van der Waals surface area contributed by atoms with Gasteiger partial charge in [0, 0.05) is 15.7 Å². The smallest absolute Gasteiger partial charge is 0.282 e. The summed E-state index contributed by atoms with van der Waals surface area (Å²) in [6, 6.07) is 20.9. The van der Waals surface area contributed by atoms with Gasteiger partial charge < -0.3 is 9.47 Å². The van der Waals surface area contributed by atoms with Gasteiger partial charge in [-0.2, -0.15) is 10.1 Å².